The third-order valence-electron chi connectivity index (χ3n) is 3.70. The van der Waals surface area contributed by atoms with E-state index >= 15 is 0 Å². The number of hydrazone groups is 1. The monoisotopic (exact) mass is 355 g/mol. The molecule has 0 saturated heterocycles. The minimum atomic E-state index is -0.412. The molecule has 0 aliphatic rings. The Kier molecular flexibility index (Phi) is 6.43. The lowest BCUT2D eigenvalue weighted by Crippen LogP contribution is -2.25. The van der Waals surface area contributed by atoms with Gasteiger partial charge >= 0.3 is 0 Å². The Bertz CT molecular complexity index is 814. The van der Waals surface area contributed by atoms with Crippen LogP contribution in [0.1, 0.15) is 36.5 Å². The van der Waals surface area contributed by atoms with Crippen LogP contribution in [0.2, 0.25) is 0 Å². The number of nitroso groups, excluding NO2 is 1. The Morgan fingerprint density at radius 3 is 2.58 bits per heavy atom. The Morgan fingerprint density at radius 2 is 1.96 bits per heavy atom. The number of hydrogen-bond acceptors (Lipinski definition) is 6. The van der Waals surface area contributed by atoms with Crippen LogP contribution >= 0.6 is 0 Å². The number of nitrogens with one attached hydrogen (secondary N) is 1. The summed E-state index contributed by atoms with van der Waals surface area (Å²) in [6.07, 6.45) is 1.46. The number of aromatic hydroxyl groups is 1. The number of aryl methyl sites for hydroxylation is 1. The first-order valence-corrected chi connectivity index (χ1v) is 8.12. The number of carbonyl (C=O) groups excluding carboxylic acids is 1. The van der Waals surface area contributed by atoms with Crippen molar-refractivity contribution in [2.75, 3.05) is 6.61 Å². The molecule has 1 amide bonds. The fourth-order valence-electron chi connectivity index (χ4n) is 2.28. The third-order valence-corrected chi connectivity index (χ3v) is 3.70. The van der Waals surface area contributed by atoms with Gasteiger partial charge in [0.05, 0.1) is 6.21 Å². The van der Waals surface area contributed by atoms with Gasteiger partial charge in [-0.05, 0) is 71.1 Å². The Morgan fingerprint density at radius 1 is 1.27 bits per heavy atom. The van der Waals surface area contributed by atoms with Crippen LogP contribution in [0.5, 0.6) is 11.5 Å². The summed E-state index contributed by atoms with van der Waals surface area (Å²) >= 11 is 0. The number of amides is 1. The molecule has 0 bridgehead atoms. The number of carbonyl (C=O) groups is 1. The van der Waals surface area contributed by atoms with E-state index in [-0.39, 0.29) is 18.3 Å². The number of nitrogens with zero attached hydrogens (tertiary/aromatic N) is 2. The maximum absolute atomic E-state index is 11.9. The van der Waals surface area contributed by atoms with Crippen LogP contribution in [0, 0.1) is 11.8 Å². The van der Waals surface area contributed by atoms with Crippen molar-refractivity contribution in [2.45, 2.75) is 26.7 Å². The maximum Gasteiger partial charge on any atom is 0.277 e. The minimum Gasteiger partial charge on any atom is -0.508 e. The van der Waals surface area contributed by atoms with Gasteiger partial charge in [-0.25, -0.2) is 5.43 Å². The second kappa shape index (κ2) is 8.75. The zero-order chi connectivity index (χ0) is 19.1. The van der Waals surface area contributed by atoms with Crippen LogP contribution < -0.4 is 10.2 Å². The van der Waals surface area contributed by atoms with Crippen molar-refractivity contribution < 1.29 is 14.6 Å². The Hall–Kier alpha value is -3.22. The molecule has 0 spiro atoms. The van der Waals surface area contributed by atoms with Gasteiger partial charge in [0.15, 0.2) is 6.61 Å². The molecule has 0 radical (unpaired) electrons. The van der Waals surface area contributed by atoms with Crippen molar-refractivity contribution in [3.05, 3.63) is 58.0 Å². The van der Waals surface area contributed by atoms with E-state index < -0.39 is 5.91 Å². The molecule has 2 aromatic carbocycles. The summed E-state index contributed by atoms with van der Waals surface area (Å²) in [6, 6.07) is 9.78. The zero-order valence-electron chi connectivity index (χ0n) is 14.9. The fraction of sp³-hybridized carbons (Fsp3) is 0.263. The topological polar surface area (TPSA) is 100 Å². The highest BCUT2D eigenvalue weighted by atomic mass is 16.5. The highest BCUT2D eigenvalue weighted by Gasteiger charge is 2.13. The third kappa shape index (κ3) is 5.14. The van der Waals surface area contributed by atoms with Gasteiger partial charge in [0.1, 0.15) is 17.2 Å². The second-order valence-electron chi connectivity index (χ2n) is 6.10. The average Bonchev–Trinajstić information content (AvgIpc) is 2.61. The van der Waals surface area contributed by atoms with E-state index in [1.54, 1.807) is 31.2 Å². The van der Waals surface area contributed by atoms with E-state index in [9.17, 15) is 14.8 Å². The van der Waals surface area contributed by atoms with Gasteiger partial charge in [0, 0.05) is 0 Å². The maximum atomic E-state index is 11.9. The summed E-state index contributed by atoms with van der Waals surface area (Å²) < 4.78 is 5.60. The van der Waals surface area contributed by atoms with Crippen molar-refractivity contribution in [3.8, 4) is 11.5 Å². The number of rotatable bonds is 7. The molecule has 0 saturated carbocycles. The van der Waals surface area contributed by atoms with Crippen LogP contribution in [-0.4, -0.2) is 23.8 Å². The van der Waals surface area contributed by atoms with E-state index in [2.05, 4.69) is 15.7 Å². The normalized spacial score (nSPS) is 10.9. The predicted molar refractivity (Wildman–Crippen MR) is 100 cm³/mol. The summed E-state index contributed by atoms with van der Waals surface area (Å²) in [5.74, 6) is 0.404. The molecule has 26 heavy (non-hydrogen) atoms. The van der Waals surface area contributed by atoms with Gasteiger partial charge in [-0.2, -0.15) is 5.10 Å². The van der Waals surface area contributed by atoms with Crippen molar-refractivity contribution in [3.63, 3.8) is 0 Å². The predicted octanol–water partition coefficient (Wildman–Crippen LogP) is 3.75. The number of phenolic OH excluding ortho intramolecular Hbond substituents is 1. The lowest BCUT2D eigenvalue weighted by atomic mass is 9.99. The smallest absolute Gasteiger partial charge is 0.277 e. The SMILES string of the molecule is Cc1cc(OCC(=O)N/N=C/c2ccc(O)cc2)c(C(C)C)cc1N=O. The lowest BCUT2D eigenvalue weighted by Gasteiger charge is -2.15. The molecule has 0 aliphatic heterocycles. The molecule has 0 fully saturated rings. The van der Waals surface area contributed by atoms with Gasteiger partial charge < -0.3 is 9.84 Å². The van der Waals surface area contributed by atoms with Crippen LogP contribution in [-0.2, 0) is 4.79 Å². The van der Waals surface area contributed by atoms with Gasteiger partial charge in [0.2, 0.25) is 0 Å². The van der Waals surface area contributed by atoms with Gasteiger partial charge in [-0.1, -0.05) is 13.8 Å². The lowest BCUT2D eigenvalue weighted by molar-refractivity contribution is -0.123. The summed E-state index contributed by atoms with van der Waals surface area (Å²) in [5.41, 5.74) is 4.97. The number of hydrogen-bond donors (Lipinski definition) is 2. The largest absolute Gasteiger partial charge is 0.508 e. The molecular weight excluding hydrogens is 334 g/mol. The van der Waals surface area contributed by atoms with Gasteiger partial charge in [0.25, 0.3) is 5.91 Å². The van der Waals surface area contributed by atoms with Crippen molar-refractivity contribution in [1.82, 2.24) is 5.43 Å². The molecule has 0 heterocycles. The fourth-order valence-corrected chi connectivity index (χ4v) is 2.28. The van der Waals surface area contributed by atoms with Crippen molar-refractivity contribution in [1.29, 1.82) is 0 Å². The van der Waals surface area contributed by atoms with Crippen LogP contribution in [0.15, 0.2) is 46.7 Å². The first kappa shape index (κ1) is 19.1. The van der Waals surface area contributed by atoms with E-state index in [1.807, 2.05) is 13.8 Å². The van der Waals surface area contributed by atoms with Gasteiger partial charge in [-0.15, -0.1) is 4.91 Å². The molecule has 2 N–H and O–H groups in total. The minimum absolute atomic E-state index is 0.113. The van der Waals surface area contributed by atoms with E-state index in [4.69, 9.17) is 4.74 Å². The van der Waals surface area contributed by atoms with E-state index in [1.165, 1.54) is 18.3 Å². The number of benzene rings is 2. The summed E-state index contributed by atoms with van der Waals surface area (Å²) in [4.78, 5) is 22.7. The molecule has 0 atom stereocenters. The van der Waals surface area contributed by atoms with Crippen molar-refractivity contribution in [2.24, 2.45) is 10.3 Å². The highest BCUT2D eigenvalue weighted by Crippen LogP contribution is 2.33. The average molecular weight is 355 g/mol. The summed E-state index contributed by atoms with van der Waals surface area (Å²) in [5, 5.41) is 16.1. The number of ether oxygens (including phenoxy) is 1. The molecule has 7 heteroatoms. The molecule has 136 valence electrons. The van der Waals surface area contributed by atoms with Gasteiger partial charge in [-0.3, -0.25) is 4.79 Å². The van der Waals surface area contributed by atoms with Crippen molar-refractivity contribution >= 4 is 17.8 Å². The first-order valence-electron chi connectivity index (χ1n) is 8.12. The molecule has 0 aliphatic carbocycles. The molecule has 2 aromatic rings. The summed E-state index contributed by atoms with van der Waals surface area (Å²) in [7, 11) is 0. The van der Waals surface area contributed by atoms with Crippen LogP contribution in [0.4, 0.5) is 5.69 Å². The Balaban J connectivity index is 1.97. The summed E-state index contributed by atoms with van der Waals surface area (Å²) in [6.45, 7) is 5.48. The Labute approximate surface area is 151 Å². The molecule has 0 aromatic heterocycles. The zero-order valence-corrected chi connectivity index (χ0v) is 14.9. The van der Waals surface area contributed by atoms with Crippen LogP contribution in [0.25, 0.3) is 0 Å². The highest BCUT2D eigenvalue weighted by molar-refractivity contribution is 5.83. The molecule has 0 unspecified atom stereocenters. The quantitative estimate of drug-likeness (QED) is 0.449. The molecule has 2 rings (SSSR count). The second-order valence-corrected chi connectivity index (χ2v) is 6.10. The standard InChI is InChI=1S/C19H21N3O4/c1-12(2)16-9-17(22-25)13(3)8-18(16)26-11-19(24)21-20-10-14-4-6-15(23)7-5-14/h4-10,12,23H,11H2,1-3H3,(H,21,24)/b20-10+. The van der Waals surface area contributed by atoms with E-state index in [0.29, 0.717) is 17.0 Å². The van der Waals surface area contributed by atoms with Crippen LogP contribution in [0.3, 0.4) is 0 Å². The first-order chi connectivity index (χ1) is 12.4. The molecule has 7 nitrogen and oxygen atoms in total. The molecular formula is C19H21N3O4. The van der Waals surface area contributed by atoms with E-state index in [0.717, 1.165) is 11.1 Å². The number of phenols is 1.